The number of hydrazine groups is 1. The lowest BCUT2D eigenvalue weighted by molar-refractivity contribution is 0.324. The lowest BCUT2D eigenvalue weighted by Crippen LogP contribution is -2.31. The third-order valence-electron chi connectivity index (χ3n) is 0.807. The molecule has 2 heteroatoms. The summed E-state index contributed by atoms with van der Waals surface area (Å²) >= 11 is 0. The minimum Gasteiger partial charge on any atom is -0.316 e. The molecular formula is C5H12N2. The molecular weight excluding hydrogens is 88.1 g/mol. The Bertz CT molecular complexity index is 59.1. The van der Waals surface area contributed by atoms with Crippen LogP contribution in [0.15, 0.2) is 12.8 Å². The smallest absolute Gasteiger partial charge is 0.0389 e. The molecule has 0 unspecified atom stereocenters. The molecule has 0 aromatic carbocycles. The number of hydrogen-bond acceptors (Lipinski definition) is 2. The Balaban J connectivity index is 3.33. The largest absolute Gasteiger partial charge is 0.316 e. The van der Waals surface area contributed by atoms with Gasteiger partial charge in [-0.2, -0.15) is 0 Å². The van der Waals surface area contributed by atoms with Crippen molar-refractivity contribution >= 4 is 0 Å². The van der Waals surface area contributed by atoms with Crippen molar-refractivity contribution in [3.63, 3.8) is 0 Å². The Morgan fingerprint density at radius 2 is 2.14 bits per heavy atom. The molecule has 42 valence electrons. The molecule has 2 nitrogen and oxygen atoms in total. The quantitative estimate of drug-likeness (QED) is 0.409. The van der Waals surface area contributed by atoms with Crippen LogP contribution in [-0.2, 0) is 0 Å². The zero-order valence-electron chi connectivity index (χ0n) is 4.89. The molecule has 0 aromatic rings. The predicted molar refractivity (Wildman–Crippen MR) is 31.4 cm³/mol. The van der Waals surface area contributed by atoms with Crippen molar-refractivity contribution < 1.29 is 0 Å². The van der Waals surface area contributed by atoms with Gasteiger partial charge in [0.1, 0.15) is 0 Å². The summed E-state index contributed by atoms with van der Waals surface area (Å²) in [5.74, 6) is 5.33. The zero-order chi connectivity index (χ0) is 5.86. The van der Waals surface area contributed by atoms with Gasteiger partial charge in [0.25, 0.3) is 0 Å². The van der Waals surface area contributed by atoms with E-state index in [2.05, 4.69) is 6.58 Å². The van der Waals surface area contributed by atoms with Crippen molar-refractivity contribution in [1.29, 1.82) is 0 Å². The highest BCUT2D eigenvalue weighted by Gasteiger charge is 1.92. The monoisotopic (exact) mass is 100 g/mol. The van der Waals surface area contributed by atoms with Crippen molar-refractivity contribution in [3.8, 4) is 0 Å². The van der Waals surface area contributed by atoms with Gasteiger partial charge in [-0.3, -0.25) is 0 Å². The van der Waals surface area contributed by atoms with Gasteiger partial charge in [-0.1, -0.05) is 6.58 Å². The molecule has 0 saturated heterocycles. The first-order valence-electron chi connectivity index (χ1n) is 2.34. The first-order chi connectivity index (χ1) is 3.18. The molecule has 0 spiro atoms. The average molecular weight is 100 g/mol. The number of hydrogen-bond donors (Lipinski definition) is 1. The fourth-order valence-electron chi connectivity index (χ4n) is 0.211. The fraction of sp³-hybridized carbons (Fsp3) is 0.600. The van der Waals surface area contributed by atoms with E-state index in [9.17, 15) is 0 Å². The maximum Gasteiger partial charge on any atom is 0.0389 e. The standard InChI is InChI=1S/C5H12N2/c1-4-7(6)5(2)3/h4-5H,1,6H2,2-3H3. The molecule has 0 radical (unpaired) electrons. The summed E-state index contributed by atoms with van der Waals surface area (Å²) in [6, 6.07) is 0.359. The molecule has 0 heterocycles. The van der Waals surface area contributed by atoms with Crippen LogP contribution in [-0.4, -0.2) is 11.1 Å². The van der Waals surface area contributed by atoms with Crippen LogP contribution in [0, 0.1) is 0 Å². The third kappa shape index (κ3) is 2.23. The van der Waals surface area contributed by atoms with Gasteiger partial charge in [0.05, 0.1) is 0 Å². The van der Waals surface area contributed by atoms with Gasteiger partial charge < -0.3 is 5.01 Å². The Morgan fingerprint density at radius 3 is 2.14 bits per heavy atom. The molecule has 0 aliphatic carbocycles. The highest BCUT2D eigenvalue weighted by atomic mass is 15.4. The Morgan fingerprint density at radius 1 is 1.71 bits per heavy atom. The van der Waals surface area contributed by atoms with Crippen molar-refractivity contribution in [2.75, 3.05) is 0 Å². The minimum absolute atomic E-state index is 0.359. The molecule has 0 bridgehead atoms. The Kier molecular flexibility index (Phi) is 2.45. The number of nitrogens with zero attached hydrogens (tertiary/aromatic N) is 1. The molecule has 0 aromatic heterocycles. The predicted octanol–water partition coefficient (Wildman–Crippen LogP) is 0.714. The normalized spacial score (nSPS) is 9.14. The molecule has 0 aliphatic rings. The molecule has 0 atom stereocenters. The van der Waals surface area contributed by atoms with Gasteiger partial charge in [0.2, 0.25) is 0 Å². The molecule has 0 rings (SSSR count). The summed E-state index contributed by atoms with van der Waals surface area (Å²) in [5.41, 5.74) is 0. The number of rotatable bonds is 2. The highest BCUT2D eigenvalue weighted by molar-refractivity contribution is 4.66. The van der Waals surface area contributed by atoms with E-state index in [1.807, 2.05) is 13.8 Å². The lowest BCUT2D eigenvalue weighted by atomic mass is 10.4. The fourth-order valence-corrected chi connectivity index (χ4v) is 0.211. The summed E-state index contributed by atoms with van der Waals surface area (Å²) in [6.07, 6.45) is 1.60. The Labute approximate surface area is 44.6 Å². The highest BCUT2D eigenvalue weighted by Crippen LogP contribution is 1.86. The average Bonchev–Trinajstić information content (AvgIpc) is 1.65. The summed E-state index contributed by atoms with van der Waals surface area (Å²) in [4.78, 5) is 0. The zero-order valence-corrected chi connectivity index (χ0v) is 4.89. The number of nitrogens with two attached hydrogens (primary N) is 1. The summed E-state index contributed by atoms with van der Waals surface area (Å²) in [5, 5.41) is 1.56. The lowest BCUT2D eigenvalue weighted by Gasteiger charge is -2.16. The summed E-state index contributed by atoms with van der Waals surface area (Å²) in [6.45, 7) is 7.49. The SMILES string of the molecule is C=CN(N)C(C)C. The van der Waals surface area contributed by atoms with Crippen LogP contribution in [0.4, 0.5) is 0 Å². The van der Waals surface area contributed by atoms with Crippen molar-refractivity contribution in [2.45, 2.75) is 19.9 Å². The van der Waals surface area contributed by atoms with E-state index in [0.29, 0.717) is 6.04 Å². The third-order valence-corrected chi connectivity index (χ3v) is 0.807. The van der Waals surface area contributed by atoms with Gasteiger partial charge >= 0.3 is 0 Å². The minimum atomic E-state index is 0.359. The van der Waals surface area contributed by atoms with Crippen LogP contribution < -0.4 is 5.84 Å². The molecule has 0 saturated carbocycles. The Hall–Kier alpha value is -0.500. The second kappa shape index (κ2) is 2.64. The van der Waals surface area contributed by atoms with E-state index in [1.54, 1.807) is 11.2 Å². The molecule has 0 aliphatic heterocycles. The first kappa shape index (κ1) is 6.50. The summed E-state index contributed by atoms with van der Waals surface area (Å²) < 4.78 is 0. The molecule has 0 fully saturated rings. The van der Waals surface area contributed by atoms with Crippen LogP contribution in [0.25, 0.3) is 0 Å². The van der Waals surface area contributed by atoms with Crippen molar-refractivity contribution in [2.24, 2.45) is 5.84 Å². The molecule has 7 heavy (non-hydrogen) atoms. The summed E-state index contributed by atoms with van der Waals surface area (Å²) in [7, 11) is 0. The second-order valence-electron chi connectivity index (χ2n) is 1.72. The van der Waals surface area contributed by atoms with Crippen molar-refractivity contribution in [1.82, 2.24) is 5.01 Å². The molecule has 0 amide bonds. The van der Waals surface area contributed by atoms with Gasteiger partial charge in [0, 0.05) is 12.2 Å². The second-order valence-corrected chi connectivity index (χ2v) is 1.72. The van der Waals surface area contributed by atoms with Gasteiger partial charge in [0.15, 0.2) is 0 Å². The van der Waals surface area contributed by atoms with Crippen LogP contribution in [0.2, 0.25) is 0 Å². The van der Waals surface area contributed by atoms with Crippen molar-refractivity contribution in [3.05, 3.63) is 12.8 Å². The first-order valence-corrected chi connectivity index (χ1v) is 2.34. The van der Waals surface area contributed by atoms with Crippen LogP contribution in [0.5, 0.6) is 0 Å². The van der Waals surface area contributed by atoms with E-state index < -0.39 is 0 Å². The topological polar surface area (TPSA) is 29.3 Å². The molecule has 2 N–H and O–H groups in total. The van der Waals surface area contributed by atoms with E-state index in [0.717, 1.165) is 0 Å². The van der Waals surface area contributed by atoms with E-state index in [-0.39, 0.29) is 0 Å². The van der Waals surface area contributed by atoms with Gasteiger partial charge in [-0.05, 0) is 13.8 Å². The van der Waals surface area contributed by atoms with Gasteiger partial charge in [-0.15, -0.1) is 0 Å². The maximum atomic E-state index is 5.33. The van der Waals surface area contributed by atoms with Crippen LogP contribution in [0.3, 0.4) is 0 Å². The van der Waals surface area contributed by atoms with Crippen LogP contribution >= 0.6 is 0 Å². The van der Waals surface area contributed by atoms with Gasteiger partial charge in [-0.25, -0.2) is 5.84 Å². The van der Waals surface area contributed by atoms with E-state index >= 15 is 0 Å². The van der Waals surface area contributed by atoms with E-state index in [4.69, 9.17) is 5.84 Å². The van der Waals surface area contributed by atoms with E-state index in [1.165, 1.54) is 0 Å². The maximum absolute atomic E-state index is 5.33. The van der Waals surface area contributed by atoms with Crippen LogP contribution in [0.1, 0.15) is 13.8 Å².